The Morgan fingerprint density at radius 2 is 1.66 bits per heavy atom. The molecule has 4 rings (SSSR count). The van der Waals surface area contributed by atoms with E-state index in [0.717, 1.165) is 52.9 Å². The van der Waals surface area contributed by atoms with Crippen LogP contribution >= 0.6 is 23.2 Å². The fraction of sp³-hybridized carbons (Fsp3) is 0.167. The van der Waals surface area contributed by atoms with Crippen LogP contribution in [0.5, 0.6) is 11.5 Å². The van der Waals surface area contributed by atoms with Crippen molar-refractivity contribution in [3.8, 4) is 22.8 Å². The molecule has 1 heterocycles. The van der Waals surface area contributed by atoms with Gasteiger partial charge < -0.3 is 15.5 Å². The molecule has 5 heteroatoms. The number of aromatic amines is 1. The highest BCUT2D eigenvalue weighted by Gasteiger charge is 2.15. The Balaban J connectivity index is 1.77. The van der Waals surface area contributed by atoms with Crippen LogP contribution < -0.4 is 10.5 Å². The second kappa shape index (κ2) is 8.91. The van der Waals surface area contributed by atoms with Gasteiger partial charge in [-0.2, -0.15) is 0 Å². The molecule has 0 aliphatic rings. The highest BCUT2D eigenvalue weighted by Crippen LogP contribution is 2.36. The molecular formula is C24H22Cl2N2O. The van der Waals surface area contributed by atoms with E-state index in [0.29, 0.717) is 16.6 Å². The zero-order valence-corrected chi connectivity index (χ0v) is 17.4. The van der Waals surface area contributed by atoms with E-state index in [4.69, 9.17) is 33.7 Å². The maximum absolute atomic E-state index is 6.27. The summed E-state index contributed by atoms with van der Waals surface area (Å²) in [6.45, 7) is 0.687. The van der Waals surface area contributed by atoms with Crippen LogP contribution in [-0.4, -0.2) is 11.5 Å². The Morgan fingerprint density at radius 3 is 2.41 bits per heavy atom. The van der Waals surface area contributed by atoms with Gasteiger partial charge in [0.25, 0.3) is 0 Å². The molecule has 0 amide bonds. The highest BCUT2D eigenvalue weighted by molar-refractivity contribution is 6.42. The van der Waals surface area contributed by atoms with Crippen molar-refractivity contribution in [3.63, 3.8) is 0 Å². The molecule has 148 valence electrons. The average molecular weight is 425 g/mol. The number of fused-ring (bicyclic) bond motifs is 1. The summed E-state index contributed by atoms with van der Waals surface area (Å²) in [5, 5.41) is 2.25. The Kier molecular flexibility index (Phi) is 6.10. The number of benzene rings is 3. The van der Waals surface area contributed by atoms with E-state index in [1.807, 2.05) is 54.6 Å². The summed E-state index contributed by atoms with van der Waals surface area (Å²) in [7, 11) is 0. The minimum absolute atomic E-state index is 0.545. The van der Waals surface area contributed by atoms with E-state index >= 15 is 0 Å². The first-order chi connectivity index (χ1) is 14.2. The number of halogens is 2. The third-order valence-corrected chi connectivity index (χ3v) is 5.68. The summed E-state index contributed by atoms with van der Waals surface area (Å²) in [5.74, 6) is 1.63. The number of nitrogens with two attached hydrogens (primary N) is 1. The van der Waals surface area contributed by atoms with Gasteiger partial charge in [0, 0.05) is 16.6 Å². The monoisotopic (exact) mass is 424 g/mol. The van der Waals surface area contributed by atoms with Gasteiger partial charge in [0.2, 0.25) is 0 Å². The van der Waals surface area contributed by atoms with Crippen molar-refractivity contribution in [1.82, 2.24) is 4.98 Å². The molecule has 0 atom stereocenters. The Labute approximate surface area is 180 Å². The van der Waals surface area contributed by atoms with Gasteiger partial charge in [-0.25, -0.2) is 0 Å². The molecular weight excluding hydrogens is 403 g/mol. The molecule has 0 radical (unpaired) electrons. The van der Waals surface area contributed by atoms with Gasteiger partial charge in [-0.05, 0) is 79.4 Å². The van der Waals surface area contributed by atoms with Crippen LogP contribution in [0.1, 0.15) is 18.4 Å². The fourth-order valence-electron chi connectivity index (χ4n) is 3.52. The predicted octanol–water partition coefficient (Wildman–Crippen LogP) is 7.22. The second-order valence-corrected chi connectivity index (χ2v) is 7.79. The highest BCUT2D eigenvalue weighted by atomic mass is 35.5. The average Bonchev–Trinajstić information content (AvgIpc) is 3.09. The second-order valence-electron chi connectivity index (χ2n) is 6.98. The van der Waals surface area contributed by atoms with Crippen LogP contribution in [0.4, 0.5) is 0 Å². The van der Waals surface area contributed by atoms with Crippen LogP contribution in [0.3, 0.4) is 0 Å². The molecule has 29 heavy (non-hydrogen) atoms. The number of nitrogens with one attached hydrogen (secondary N) is 1. The lowest BCUT2D eigenvalue weighted by molar-refractivity contribution is 0.483. The molecule has 4 aromatic rings. The molecule has 3 aromatic carbocycles. The van der Waals surface area contributed by atoms with E-state index in [1.54, 1.807) is 0 Å². The zero-order chi connectivity index (χ0) is 20.2. The van der Waals surface area contributed by atoms with Gasteiger partial charge >= 0.3 is 0 Å². The predicted molar refractivity (Wildman–Crippen MR) is 122 cm³/mol. The normalized spacial score (nSPS) is 11.1. The van der Waals surface area contributed by atoms with Crippen molar-refractivity contribution in [3.05, 3.63) is 82.3 Å². The minimum atomic E-state index is 0.545. The van der Waals surface area contributed by atoms with Gasteiger partial charge in [0.1, 0.15) is 11.5 Å². The van der Waals surface area contributed by atoms with Gasteiger partial charge in [-0.3, -0.25) is 0 Å². The Bertz CT molecular complexity index is 1120. The third kappa shape index (κ3) is 4.43. The molecule has 1 aromatic heterocycles. The van der Waals surface area contributed by atoms with Crippen LogP contribution in [0.2, 0.25) is 10.0 Å². The molecule has 0 spiro atoms. The standard InChI is InChI=1S/C24H22Cl2N2O/c25-21-11-9-16(14-22(21)26)24-19(8-4-5-13-27)20-15-18(10-12-23(20)28-24)29-17-6-2-1-3-7-17/h1-3,6-7,9-12,14-15,28H,4-5,8,13,27H2. The molecule has 0 unspecified atom stereocenters. The summed E-state index contributed by atoms with van der Waals surface area (Å²) in [6, 6.07) is 21.7. The van der Waals surface area contributed by atoms with Gasteiger partial charge in [-0.1, -0.05) is 47.5 Å². The number of hydrogen-bond donors (Lipinski definition) is 2. The number of H-pyrrole nitrogens is 1. The number of hydrogen-bond acceptors (Lipinski definition) is 2. The van der Waals surface area contributed by atoms with Gasteiger partial charge in [0.15, 0.2) is 0 Å². The molecule has 0 fully saturated rings. The number of rotatable bonds is 7. The molecule has 0 bridgehead atoms. The summed E-state index contributed by atoms with van der Waals surface area (Å²) in [4.78, 5) is 3.56. The lowest BCUT2D eigenvalue weighted by Gasteiger charge is -2.08. The van der Waals surface area contributed by atoms with Crippen molar-refractivity contribution in [1.29, 1.82) is 0 Å². The first-order valence-corrected chi connectivity index (χ1v) is 10.4. The SMILES string of the molecule is NCCCCc1c(-c2ccc(Cl)c(Cl)c2)[nH]c2ccc(Oc3ccccc3)cc12. The topological polar surface area (TPSA) is 51.0 Å². The van der Waals surface area contributed by atoms with E-state index < -0.39 is 0 Å². The van der Waals surface area contributed by atoms with E-state index in [9.17, 15) is 0 Å². The largest absolute Gasteiger partial charge is 0.457 e. The van der Waals surface area contributed by atoms with Gasteiger partial charge in [-0.15, -0.1) is 0 Å². The lowest BCUT2D eigenvalue weighted by Crippen LogP contribution is -1.99. The summed E-state index contributed by atoms with van der Waals surface area (Å²) < 4.78 is 6.04. The fourth-order valence-corrected chi connectivity index (χ4v) is 3.82. The molecule has 0 saturated carbocycles. The number of aromatic nitrogens is 1. The number of aryl methyl sites for hydroxylation is 1. The maximum Gasteiger partial charge on any atom is 0.128 e. The first-order valence-electron chi connectivity index (χ1n) is 9.68. The molecule has 3 nitrogen and oxygen atoms in total. The third-order valence-electron chi connectivity index (χ3n) is 4.95. The molecule has 0 saturated heterocycles. The summed E-state index contributed by atoms with van der Waals surface area (Å²) >= 11 is 12.4. The van der Waals surface area contributed by atoms with E-state index in [-0.39, 0.29) is 0 Å². The van der Waals surface area contributed by atoms with E-state index in [1.165, 1.54) is 5.56 Å². The zero-order valence-electron chi connectivity index (χ0n) is 15.9. The molecule has 3 N–H and O–H groups in total. The maximum atomic E-state index is 6.27. The van der Waals surface area contributed by atoms with Crippen molar-refractivity contribution in [2.75, 3.05) is 6.54 Å². The number of ether oxygens (including phenoxy) is 1. The van der Waals surface area contributed by atoms with Crippen molar-refractivity contribution >= 4 is 34.1 Å². The minimum Gasteiger partial charge on any atom is -0.457 e. The number of para-hydroxylation sites is 1. The Hall–Kier alpha value is -2.46. The number of unbranched alkanes of at least 4 members (excludes halogenated alkanes) is 1. The summed E-state index contributed by atoms with van der Waals surface area (Å²) in [5.41, 5.74) is 10.1. The Morgan fingerprint density at radius 1 is 0.828 bits per heavy atom. The van der Waals surface area contributed by atoms with Crippen LogP contribution in [-0.2, 0) is 6.42 Å². The molecule has 0 aliphatic heterocycles. The first kappa shape index (κ1) is 19.8. The quantitative estimate of drug-likeness (QED) is 0.307. The van der Waals surface area contributed by atoms with Crippen molar-refractivity contribution in [2.24, 2.45) is 5.73 Å². The van der Waals surface area contributed by atoms with Crippen molar-refractivity contribution < 1.29 is 4.74 Å². The van der Waals surface area contributed by atoms with Crippen LogP contribution in [0.25, 0.3) is 22.2 Å². The van der Waals surface area contributed by atoms with Crippen molar-refractivity contribution in [2.45, 2.75) is 19.3 Å². The van der Waals surface area contributed by atoms with Crippen LogP contribution in [0.15, 0.2) is 66.7 Å². The van der Waals surface area contributed by atoms with Gasteiger partial charge in [0.05, 0.1) is 10.0 Å². The van der Waals surface area contributed by atoms with E-state index in [2.05, 4.69) is 17.1 Å². The molecule has 0 aliphatic carbocycles. The lowest BCUT2D eigenvalue weighted by atomic mass is 10.00. The summed E-state index contributed by atoms with van der Waals surface area (Å²) in [6.07, 6.45) is 2.91. The smallest absolute Gasteiger partial charge is 0.128 e. The van der Waals surface area contributed by atoms with Crippen LogP contribution in [0, 0.1) is 0 Å².